The summed E-state index contributed by atoms with van der Waals surface area (Å²) in [5, 5.41) is 3.16. The van der Waals surface area contributed by atoms with Gasteiger partial charge in [0.25, 0.3) is 0 Å². The number of nitrogens with two attached hydrogens (primary N) is 1. The van der Waals surface area contributed by atoms with E-state index >= 15 is 0 Å². The van der Waals surface area contributed by atoms with Gasteiger partial charge in [-0.2, -0.15) is 0 Å². The average molecular weight is 244 g/mol. The summed E-state index contributed by atoms with van der Waals surface area (Å²) in [6, 6.07) is 0.649. The van der Waals surface area contributed by atoms with Crippen LogP contribution in [0.2, 0.25) is 0 Å². The Bertz CT molecular complexity index is 380. The first-order valence-corrected chi connectivity index (χ1v) is 5.70. The van der Waals surface area contributed by atoms with E-state index < -0.39 is 23.5 Å². The summed E-state index contributed by atoms with van der Waals surface area (Å²) in [5.74, 6) is -2.67. The van der Waals surface area contributed by atoms with Gasteiger partial charge in [0.15, 0.2) is 0 Å². The van der Waals surface area contributed by atoms with Crippen molar-refractivity contribution in [1.29, 1.82) is 0 Å². The van der Waals surface area contributed by atoms with Crippen LogP contribution in [0.3, 0.4) is 0 Å². The molecular formula is C12H15F3N2. The van der Waals surface area contributed by atoms with Crippen molar-refractivity contribution in [2.45, 2.75) is 18.9 Å². The molecule has 0 aliphatic carbocycles. The second-order valence-corrected chi connectivity index (χ2v) is 4.40. The van der Waals surface area contributed by atoms with Gasteiger partial charge in [0, 0.05) is 23.7 Å². The number of benzene rings is 1. The molecule has 0 aromatic heterocycles. The van der Waals surface area contributed by atoms with Crippen LogP contribution in [0.25, 0.3) is 0 Å². The van der Waals surface area contributed by atoms with Crippen LogP contribution in [0, 0.1) is 23.4 Å². The molecule has 17 heavy (non-hydrogen) atoms. The molecule has 1 aromatic rings. The van der Waals surface area contributed by atoms with Gasteiger partial charge >= 0.3 is 0 Å². The average Bonchev–Trinajstić information content (AvgIpc) is 2.28. The molecule has 0 bridgehead atoms. The SMILES string of the molecule is N[C@@H](c1c(F)cc(F)cc1F)C1CCNCC1. The Morgan fingerprint density at radius 1 is 1.12 bits per heavy atom. The Hall–Kier alpha value is -1.07. The number of rotatable bonds is 2. The third kappa shape index (κ3) is 2.61. The largest absolute Gasteiger partial charge is 0.324 e. The van der Waals surface area contributed by atoms with E-state index in [0.717, 1.165) is 25.9 Å². The lowest BCUT2D eigenvalue weighted by Gasteiger charge is -2.28. The number of hydrogen-bond acceptors (Lipinski definition) is 2. The summed E-state index contributed by atoms with van der Waals surface area (Å²) in [7, 11) is 0. The summed E-state index contributed by atoms with van der Waals surface area (Å²) in [4.78, 5) is 0. The molecule has 2 rings (SSSR count). The van der Waals surface area contributed by atoms with Crippen molar-refractivity contribution in [2.75, 3.05) is 13.1 Å². The minimum atomic E-state index is -0.915. The second-order valence-electron chi connectivity index (χ2n) is 4.40. The highest BCUT2D eigenvalue weighted by Crippen LogP contribution is 2.30. The molecule has 2 nitrogen and oxygen atoms in total. The number of halogens is 3. The van der Waals surface area contributed by atoms with Crippen LogP contribution in [-0.4, -0.2) is 13.1 Å². The zero-order valence-electron chi connectivity index (χ0n) is 9.35. The molecule has 94 valence electrons. The normalized spacial score (nSPS) is 19.3. The molecule has 1 heterocycles. The van der Waals surface area contributed by atoms with E-state index in [1.807, 2.05) is 0 Å². The van der Waals surface area contributed by atoms with Gasteiger partial charge in [-0.25, -0.2) is 13.2 Å². The maximum Gasteiger partial charge on any atom is 0.133 e. The lowest BCUT2D eigenvalue weighted by Crippen LogP contribution is -2.34. The lowest BCUT2D eigenvalue weighted by atomic mass is 9.86. The van der Waals surface area contributed by atoms with E-state index in [-0.39, 0.29) is 11.5 Å². The fourth-order valence-electron chi connectivity index (χ4n) is 2.31. The number of piperidine rings is 1. The summed E-state index contributed by atoms with van der Waals surface area (Å²) in [6.45, 7) is 1.59. The van der Waals surface area contributed by atoms with E-state index in [2.05, 4.69) is 5.32 Å². The van der Waals surface area contributed by atoms with Gasteiger partial charge in [-0.15, -0.1) is 0 Å². The quantitative estimate of drug-likeness (QED) is 0.836. The molecule has 1 saturated heterocycles. The Balaban J connectivity index is 2.26. The topological polar surface area (TPSA) is 38.0 Å². The third-order valence-electron chi connectivity index (χ3n) is 3.27. The Labute approximate surface area is 98.0 Å². The molecule has 1 aliphatic heterocycles. The molecule has 1 fully saturated rings. The van der Waals surface area contributed by atoms with Crippen molar-refractivity contribution in [3.63, 3.8) is 0 Å². The van der Waals surface area contributed by atoms with Crippen molar-refractivity contribution in [3.8, 4) is 0 Å². The highest BCUT2D eigenvalue weighted by molar-refractivity contribution is 5.24. The monoisotopic (exact) mass is 244 g/mol. The van der Waals surface area contributed by atoms with Gasteiger partial charge in [0.1, 0.15) is 17.5 Å². The maximum atomic E-state index is 13.5. The molecule has 1 atom stereocenters. The molecule has 0 radical (unpaired) electrons. The predicted molar refractivity (Wildman–Crippen MR) is 58.8 cm³/mol. The number of nitrogens with one attached hydrogen (secondary N) is 1. The van der Waals surface area contributed by atoms with Crippen LogP contribution < -0.4 is 11.1 Å². The van der Waals surface area contributed by atoms with Crippen LogP contribution in [0.5, 0.6) is 0 Å². The second kappa shape index (κ2) is 5.06. The van der Waals surface area contributed by atoms with Crippen molar-refractivity contribution in [2.24, 2.45) is 11.7 Å². The van der Waals surface area contributed by atoms with E-state index in [1.54, 1.807) is 0 Å². The van der Waals surface area contributed by atoms with Crippen LogP contribution in [0.1, 0.15) is 24.4 Å². The van der Waals surface area contributed by atoms with Crippen LogP contribution >= 0.6 is 0 Å². The fraction of sp³-hybridized carbons (Fsp3) is 0.500. The molecule has 0 amide bonds. The van der Waals surface area contributed by atoms with Gasteiger partial charge < -0.3 is 11.1 Å². The minimum Gasteiger partial charge on any atom is -0.324 e. The molecule has 1 aliphatic rings. The molecule has 0 saturated carbocycles. The molecular weight excluding hydrogens is 229 g/mol. The van der Waals surface area contributed by atoms with Crippen molar-refractivity contribution < 1.29 is 13.2 Å². The maximum absolute atomic E-state index is 13.5. The molecule has 5 heteroatoms. The van der Waals surface area contributed by atoms with E-state index in [4.69, 9.17) is 5.73 Å². The molecule has 3 N–H and O–H groups in total. The van der Waals surface area contributed by atoms with Crippen molar-refractivity contribution in [3.05, 3.63) is 35.1 Å². The molecule has 0 spiro atoms. The van der Waals surface area contributed by atoms with Gasteiger partial charge in [0.05, 0.1) is 0 Å². The highest BCUT2D eigenvalue weighted by Gasteiger charge is 2.26. The fourth-order valence-corrected chi connectivity index (χ4v) is 2.31. The first kappa shape index (κ1) is 12.4. The Kier molecular flexibility index (Phi) is 3.69. The minimum absolute atomic E-state index is 0.0331. The summed E-state index contributed by atoms with van der Waals surface area (Å²) in [6.07, 6.45) is 1.55. The Morgan fingerprint density at radius 3 is 2.18 bits per heavy atom. The smallest absolute Gasteiger partial charge is 0.133 e. The first-order chi connectivity index (χ1) is 8.09. The summed E-state index contributed by atoms with van der Waals surface area (Å²) < 4.78 is 39.9. The molecule has 0 unspecified atom stereocenters. The van der Waals surface area contributed by atoms with Crippen molar-refractivity contribution in [1.82, 2.24) is 5.32 Å². The highest BCUT2D eigenvalue weighted by atomic mass is 19.1. The predicted octanol–water partition coefficient (Wildman–Crippen LogP) is 2.10. The summed E-state index contributed by atoms with van der Waals surface area (Å²) in [5.41, 5.74) is 5.70. The van der Waals surface area contributed by atoms with Gasteiger partial charge in [-0.05, 0) is 31.8 Å². The van der Waals surface area contributed by atoms with Crippen LogP contribution in [0.15, 0.2) is 12.1 Å². The van der Waals surface area contributed by atoms with Crippen LogP contribution in [0.4, 0.5) is 13.2 Å². The zero-order chi connectivity index (χ0) is 12.4. The van der Waals surface area contributed by atoms with Crippen LogP contribution in [-0.2, 0) is 0 Å². The van der Waals surface area contributed by atoms with E-state index in [0.29, 0.717) is 12.1 Å². The zero-order valence-corrected chi connectivity index (χ0v) is 9.35. The Morgan fingerprint density at radius 2 is 1.65 bits per heavy atom. The standard InChI is InChI=1S/C12H15F3N2/c13-8-5-9(14)11(10(15)6-8)12(16)7-1-3-17-4-2-7/h5-7,12,17H,1-4,16H2/t12-/m1/s1. The number of hydrogen-bond donors (Lipinski definition) is 2. The van der Waals surface area contributed by atoms with E-state index in [1.165, 1.54) is 0 Å². The van der Waals surface area contributed by atoms with Crippen molar-refractivity contribution >= 4 is 0 Å². The first-order valence-electron chi connectivity index (χ1n) is 5.70. The summed E-state index contributed by atoms with van der Waals surface area (Å²) >= 11 is 0. The lowest BCUT2D eigenvalue weighted by molar-refractivity contribution is 0.310. The molecule has 1 aromatic carbocycles. The van der Waals surface area contributed by atoms with Gasteiger partial charge in [0.2, 0.25) is 0 Å². The van der Waals surface area contributed by atoms with E-state index in [9.17, 15) is 13.2 Å². The van der Waals surface area contributed by atoms with Gasteiger partial charge in [-0.3, -0.25) is 0 Å². The van der Waals surface area contributed by atoms with Gasteiger partial charge in [-0.1, -0.05) is 0 Å². The third-order valence-corrected chi connectivity index (χ3v) is 3.27.